The van der Waals surface area contributed by atoms with Gasteiger partial charge in [-0.3, -0.25) is 9.59 Å². The van der Waals surface area contributed by atoms with Gasteiger partial charge in [0.2, 0.25) is 5.91 Å². The average Bonchev–Trinajstić information content (AvgIpc) is 3.17. The Morgan fingerprint density at radius 2 is 1.86 bits per heavy atom. The molecule has 28 heavy (non-hydrogen) atoms. The second-order valence-corrected chi connectivity index (χ2v) is 6.93. The molecule has 1 atom stereocenters. The maximum atomic E-state index is 13.5. The Balaban J connectivity index is 1.77. The lowest BCUT2D eigenvalue weighted by atomic mass is 10.1. The van der Waals surface area contributed by atoms with Gasteiger partial charge in [0.15, 0.2) is 11.6 Å². The van der Waals surface area contributed by atoms with Crippen LogP contribution in [-0.2, 0) is 11.2 Å². The number of halogens is 2. The van der Waals surface area contributed by atoms with Crippen LogP contribution in [0.3, 0.4) is 0 Å². The monoisotopic (exact) mass is 401 g/mol. The zero-order valence-corrected chi connectivity index (χ0v) is 15.7. The van der Waals surface area contributed by atoms with E-state index in [0.29, 0.717) is 6.42 Å². The van der Waals surface area contributed by atoms with Crippen molar-refractivity contribution in [1.82, 2.24) is 15.6 Å². The van der Waals surface area contributed by atoms with Crippen LogP contribution in [0.1, 0.15) is 32.7 Å². The molecule has 0 aliphatic heterocycles. The molecule has 5 nitrogen and oxygen atoms in total. The van der Waals surface area contributed by atoms with Gasteiger partial charge in [-0.1, -0.05) is 36.4 Å². The van der Waals surface area contributed by atoms with Gasteiger partial charge in [0.05, 0.1) is 5.01 Å². The van der Waals surface area contributed by atoms with E-state index in [4.69, 9.17) is 0 Å². The summed E-state index contributed by atoms with van der Waals surface area (Å²) in [6, 6.07) is 11.6. The number of nitrogens with one attached hydrogen (secondary N) is 2. The van der Waals surface area contributed by atoms with Crippen molar-refractivity contribution >= 4 is 23.2 Å². The summed E-state index contributed by atoms with van der Waals surface area (Å²) in [6.07, 6.45) is 0.584. The fourth-order valence-corrected chi connectivity index (χ4v) is 3.42. The van der Waals surface area contributed by atoms with Gasteiger partial charge in [0, 0.05) is 18.8 Å². The number of hydrogen-bond donors (Lipinski definition) is 2. The van der Waals surface area contributed by atoms with Crippen molar-refractivity contribution in [2.75, 3.05) is 7.05 Å². The number of rotatable bonds is 6. The highest BCUT2D eigenvalue weighted by molar-refractivity contribution is 7.09. The van der Waals surface area contributed by atoms with Crippen LogP contribution in [0.5, 0.6) is 0 Å². The number of thiazole rings is 1. The van der Waals surface area contributed by atoms with Crippen LogP contribution in [0.25, 0.3) is 0 Å². The zero-order chi connectivity index (χ0) is 20.1. The highest BCUT2D eigenvalue weighted by Crippen LogP contribution is 2.19. The molecule has 144 valence electrons. The Labute approximate surface area is 164 Å². The number of benzene rings is 2. The van der Waals surface area contributed by atoms with E-state index in [9.17, 15) is 18.4 Å². The van der Waals surface area contributed by atoms with Crippen LogP contribution >= 0.6 is 11.3 Å². The quantitative estimate of drug-likeness (QED) is 0.666. The molecule has 2 aromatic carbocycles. The summed E-state index contributed by atoms with van der Waals surface area (Å²) < 4.78 is 26.7. The van der Waals surface area contributed by atoms with E-state index in [-0.39, 0.29) is 11.3 Å². The fraction of sp³-hybridized carbons (Fsp3) is 0.150. The van der Waals surface area contributed by atoms with E-state index in [0.717, 1.165) is 22.7 Å². The molecule has 0 aliphatic carbocycles. The number of likely N-dealkylation sites (N-methyl/N-ethyl adjacent to an activating group) is 1. The average molecular weight is 401 g/mol. The molecule has 0 spiro atoms. The van der Waals surface area contributed by atoms with Crippen LogP contribution in [0.15, 0.2) is 53.9 Å². The van der Waals surface area contributed by atoms with E-state index in [1.165, 1.54) is 24.5 Å². The van der Waals surface area contributed by atoms with Gasteiger partial charge in [-0.15, -0.1) is 11.3 Å². The molecular formula is C20H17F2N3O2S. The lowest BCUT2D eigenvalue weighted by molar-refractivity contribution is -0.122. The SMILES string of the molecule is CNC(=O)C(NC(=O)c1csc(Cc2ccccc2)n1)c1ccc(F)c(F)c1. The molecule has 1 aromatic heterocycles. The van der Waals surface area contributed by atoms with Crippen LogP contribution in [0.2, 0.25) is 0 Å². The van der Waals surface area contributed by atoms with Crippen LogP contribution in [0.4, 0.5) is 8.78 Å². The maximum absolute atomic E-state index is 13.5. The summed E-state index contributed by atoms with van der Waals surface area (Å²) in [7, 11) is 1.39. The smallest absolute Gasteiger partial charge is 0.271 e. The lowest BCUT2D eigenvalue weighted by Crippen LogP contribution is -2.39. The van der Waals surface area contributed by atoms with Crippen LogP contribution < -0.4 is 10.6 Å². The Morgan fingerprint density at radius 1 is 1.11 bits per heavy atom. The molecule has 2 N–H and O–H groups in total. The van der Waals surface area contributed by atoms with Crippen molar-refractivity contribution in [2.45, 2.75) is 12.5 Å². The largest absolute Gasteiger partial charge is 0.357 e. The highest BCUT2D eigenvalue weighted by Gasteiger charge is 2.24. The van der Waals surface area contributed by atoms with Gasteiger partial charge in [-0.2, -0.15) is 0 Å². The van der Waals surface area contributed by atoms with Crippen LogP contribution in [-0.4, -0.2) is 23.8 Å². The predicted molar refractivity (Wildman–Crippen MR) is 102 cm³/mol. The lowest BCUT2D eigenvalue weighted by Gasteiger charge is -2.17. The van der Waals surface area contributed by atoms with Crippen LogP contribution in [0, 0.1) is 11.6 Å². The van der Waals surface area contributed by atoms with Crippen molar-refractivity contribution < 1.29 is 18.4 Å². The normalized spacial score (nSPS) is 11.7. The molecule has 0 bridgehead atoms. The molecule has 0 saturated heterocycles. The van der Waals surface area contributed by atoms with Crippen molar-refractivity contribution in [2.24, 2.45) is 0 Å². The van der Waals surface area contributed by atoms with E-state index in [1.807, 2.05) is 30.3 Å². The minimum atomic E-state index is -1.17. The molecule has 3 rings (SSSR count). The van der Waals surface area contributed by atoms with Gasteiger partial charge in [-0.05, 0) is 23.3 Å². The molecule has 0 aliphatic rings. The van der Waals surface area contributed by atoms with Gasteiger partial charge in [0.25, 0.3) is 5.91 Å². The fourth-order valence-electron chi connectivity index (χ4n) is 2.61. The van der Waals surface area contributed by atoms with Gasteiger partial charge < -0.3 is 10.6 Å². The number of nitrogens with zero attached hydrogens (tertiary/aromatic N) is 1. The van der Waals surface area contributed by atoms with E-state index in [2.05, 4.69) is 15.6 Å². The standard InChI is InChI=1S/C20H17F2N3O2S/c1-23-20(27)18(13-7-8-14(21)15(22)10-13)25-19(26)16-11-28-17(24-16)9-12-5-3-2-4-6-12/h2-8,10-11,18H,9H2,1H3,(H,23,27)(H,25,26). The summed E-state index contributed by atoms with van der Waals surface area (Å²) in [5.74, 6) is -3.26. The van der Waals surface area contributed by atoms with E-state index in [1.54, 1.807) is 5.38 Å². The second-order valence-electron chi connectivity index (χ2n) is 5.98. The molecule has 0 radical (unpaired) electrons. The first-order chi connectivity index (χ1) is 13.5. The first kappa shape index (κ1) is 19.6. The first-order valence-corrected chi connectivity index (χ1v) is 9.31. The minimum absolute atomic E-state index is 0.131. The van der Waals surface area contributed by atoms with E-state index < -0.39 is 29.5 Å². The molecule has 1 heterocycles. The number of hydrogen-bond acceptors (Lipinski definition) is 4. The Kier molecular flexibility index (Phi) is 6.10. The summed E-state index contributed by atoms with van der Waals surface area (Å²) in [6.45, 7) is 0. The van der Waals surface area contributed by atoms with Gasteiger partial charge >= 0.3 is 0 Å². The van der Waals surface area contributed by atoms with Crippen molar-refractivity contribution in [3.63, 3.8) is 0 Å². The molecule has 0 saturated carbocycles. The minimum Gasteiger partial charge on any atom is -0.357 e. The summed E-state index contributed by atoms with van der Waals surface area (Å²) in [5.41, 5.74) is 1.35. The number of carbonyl (C=O) groups is 2. The predicted octanol–water partition coefficient (Wildman–Crippen LogP) is 3.23. The zero-order valence-electron chi connectivity index (χ0n) is 14.9. The topological polar surface area (TPSA) is 71.1 Å². The van der Waals surface area contributed by atoms with E-state index >= 15 is 0 Å². The van der Waals surface area contributed by atoms with Crippen molar-refractivity contribution in [3.8, 4) is 0 Å². The van der Waals surface area contributed by atoms with Crippen molar-refractivity contribution in [1.29, 1.82) is 0 Å². The third kappa shape index (κ3) is 4.58. The number of amides is 2. The van der Waals surface area contributed by atoms with Gasteiger partial charge in [0.1, 0.15) is 11.7 Å². The summed E-state index contributed by atoms with van der Waals surface area (Å²) in [5, 5.41) is 7.28. The third-order valence-electron chi connectivity index (χ3n) is 4.04. The molecule has 2 amide bonds. The highest BCUT2D eigenvalue weighted by atomic mass is 32.1. The molecular weight excluding hydrogens is 384 g/mol. The Bertz CT molecular complexity index is 992. The van der Waals surface area contributed by atoms with Crippen molar-refractivity contribution in [3.05, 3.63) is 87.4 Å². The third-order valence-corrected chi connectivity index (χ3v) is 4.89. The first-order valence-electron chi connectivity index (χ1n) is 8.43. The molecule has 3 aromatic rings. The number of carbonyl (C=O) groups excluding carboxylic acids is 2. The van der Waals surface area contributed by atoms with Gasteiger partial charge in [-0.25, -0.2) is 13.8 Å². The molecule has 8 heteroatoms. The Hall–Kier alpha value is -3.13. The molecule has 0 fully saturated rings. The second kappa shape index (κ2) is 8.71. The Morgan fingerprint density at radius 3 is 2.54 bits per heavy atom. The maximum Gasteiger partial charge on any atom is 0.271 e. The summed E-state index contributed by atoms with van der Waals surface area (Å²) in [4.78, 5) is 29.0. The number of aromatic nitrogens is 1. The summed E-state index contributed by atoms with van der Waals surface area (Å²) >= 11 is 1.33. The molecule has 1 unspecified atom stereocenters.